The molecule has 0 radical (unpaired) electrons. The lowest BCUT2D eigenvalue weighted by molar-refractivity contribution is -0.130. The first-order chi connectivity index (χ1) is 8.22. The zero-order valence-electron chi connectivity index (χ0n) is 8.84. The molecule has 1 aliphatic rings. The van der Waals surface area contributed by atoms with E-state index in [9.17, 15) is 9.59 Å². The first kappa shape index (κ1) is 10.2. The molecule has 2 aromatic rings. The van der Waals surface area contributed by atoms with Crippen LogP contribution in [0.5, 0.6) is 0 Å². The van der Waals surface area contributed by atoms with Gasteiger partial charge < -0.3 is 4.90 Å². The molecule has 0 atom stereocenters. The number of piperazine rings is 1. The van der Waals surface area contributed by atoms with Crippen LogP contribution >= 0.6 is 11.3 Å². The smallest absolute Gasteiger partial charge is 0.246 e. The number of benzene rings is 1. The highest BCUT2D eigenvalue weighted by Gasteiger charge is 2.22. The lowest BCUT2D eigenvalue weighted by Crippen LogP contribution is -2.51. The van der Waals surface area contributed by atoms with Crippen molar-refractivity contribution in [3.8, 4) is 0 Å². The Bertz CT molecular complexity index is 592. The van der Waals surface area contributed by atoms with Crippen LogP contribution in [-0.2, 0) is 9.59 Å². The van der Waals surface area contributed by atoms with Gasteiger partial charge in [0.2, 0.25) is 11.8 Å². The Hall–Kier alpha value is -1.95. The van der Waals surface area contributed by atoms with E-state index >= 15 is 0 Å². The van der Waals surface area contributed by atoms with Gasteiger partial charge in [0.1, 0.15) is 0 Å². The fourth-order valence-electron chi connectivity index (χ4n) is 1.86. The van der Waals surface area contributed by atoms with Gasteiger partial charge >= 0.3 is 0 Å². The van der Waals surface area contributed by atoms with Gasteiger partial charge in [-0.2, -0.15) is 0 Å². The minimum atomic E-state index is -0.259. The summed E-state index contributed by atoms with van der Waals surface area (Å²) in [7, 11) is 0. The maximum atomic E-state index is 11.3. The van der Waals surface area contributed by atoms with E-state index in [0.717, 1.165) is 15.9 Å². The Labute approximate surface area is 101 Å². The van der Waals surface area contributed by atoms with E-state index in [-0.39, 0.29) is 24.9 Å². The number of rotatable bonds is 1. The number of thiazole rings is 1. The number of carbonyl (C=O) groups excluding carboxylic acids is 2. The van der Waals surface area contributed by atoms with Crippen LogP contribution in [0.2, 0.25) is 0 Å². The average Bonchev–Trinajstić information content (AvgIpc) is 2.74. The monoisotopic (exact) mass is 247 g/mol. The fraction of sp³-hybridized carbons (Fsp3) is 0.182. The molecule has 86 valence electrons. The predicted molar refractivity (Wildman–Crippen MR) is 65.0 cm³/mol. The third-order valence-corrected chi connectivity index (χ3v) is 3.42. The summed E-state index contributed by atoms with van der Waals surface area (Å²) >= 11 is 1.54. The van der Waals surface area contributed by atoms with Crippen molar-refractivity contribution in [2.24, 2.45) is 0 Å². The Balaban J connectivity index is 1.96. The summed E-state index contributed by atoms with van der Waals surface area (Å²) in [4.78, 5) is 28.5. The number of fused-ring (bicyclic) bond motifs is 1. The highest BCUT2D eigenvalue weighted by Crippen LogP contribution is 2.24. The number of nitrogens with one attached hydrogen (secondary N) is 1. The number of nitrogens with zero attached hydrogens (tertiary/aromatic N) is 2. The number of imide groups is 1. The van der Waals surface area contributed by atoms with Crippen LogP contribution in [0.25, 0.3) is 10.2 Å². The first-order valence-corrected chi connectivity index (χ1v) is 6.01. The number of hydrogen-bond donors (Lipinski definition) is 1. The zero-order chi connectivity index (χ0) is 11.8. The van der Waals surface area contributed by atoms with Gasteiger partial charge in [-0.15, -0.1) is 11.3 Å². The second-order valence-electron chi connectivity index (χ2n) is 3.83. The van der Waals surface area contributed by atoms with Crippen LogP contribution in [0.15, 0.2) is 23.7 Å². The third-order valence-electron chi connectivity index (χ3n) is 2.63. The summed E-state index contributed by atoms with van der Waals surface area (Å²) in [6.07, 6.45) is 0. The van der Waals surface area contributed by atoms with E-state index in [0.29, 0.717) is 0 Å². The Morgan fingerprint density at radius 3 is 2.76 bits per heavy atom. The normalized spacial score (nSPS) is 16.4. The topological polar surface area (TPSA) is 62.3 Å². The molecule has 0 aliphatic carbocycles. The first-order valence-electron chi connectivity index (χ1n) is 5.13. The molecule has 1 aromatic carbocycles. The lowest BCUT2D eigenvalue weighted by atomic mass is 10.2. The molecule has 1 saturated heterocycles. The number of aromatic nitrogens is 1. The van der Waals surface area contributed by atoms with Gasteiger partial charge in [-0.05, 0) is 18.2 Å². The van der Waals surface area contributed by atoms with Crippen molar-refractivity contribution in [3.63, 3.8) is 0 Å². The quantitative estimate of drug-likeness (QED) is 0.756. The summed E-state index contributed by atoms with van der Waals surface area (Å²) < 4.78 is 1.06. The molecule has 6 heteroatoms. The second kappa shape index (κ2) is 3.81. The zero-order valence-corrected chi connectivity index (χ0v) is 9.66. The van der Waals surface area contributed by atoms with Gasteiger partial charge in [0, 0.05) is 5.69 Å². The largest absolute Gasteiger partial charge is 0.353 e. The van der Waals surface area contributed by atoms with E-state index in [1.165, 1.54) is 0 Å². The van der Waals surface area contributed by atoms with Crippen LogP contribution in [0.3, 0.4) is 0 Å². The molecule has 2 heterocycles. The Kier molecular flexibility index (Phi) is 2.29. The third kappa shape index (κ3) is 1.87. The minimum absolute atomic E-state index is 0.218. The summed E-state index contributed by atoms with van der Waals surface area (Å²) in [6.45, 7) is 0.437. The maximum Gasteiger partial charge on any atom is 0.246 e. The maximum absolute atomic E-state index is 11.3. The van der Waals surface area contributed by atoms with Gasteiger partial charge in [0.15, 0.2) is 0 Å². The molecular weight excluding hydrogens is 238 g/mol. The van der Waals surface area contributed by atoms with E-state index in [1.54, 1.807) is 21.7 Å². The van der Waals surface area contributed by atoms with Gasteiger partial charge in [0.25, 0.3) is 0 Å². The summed E-state index contributed by atoms with van der Waals surface area (Å²) in [5, 5.41) is 2.28. The molecule has 17 heavy (non-hydrogen) atoms. The fourth-order valence-corrected chi connectivity index (χ4v) is 2.57. The van der Waals surface area contributed by atoms with Crippen molar-refractivity contribution in [2.75, 3.05) is 18.0 Å². The van der Waals surface area contributed by atoms with Crippen molar-refractivity contribution in [2.45, 2.75) is 0 Å². The summed E-state index contributed by atoms with van der Waals surface area (Å²) in [5.41, 5.74) is 3.60. The van der Waals surface area contributed by atoms with Crippen LogP contribution in [-0.4, -0.2) is 29.9 Å². The van der Waals surface area contributed by atoms with Crippen LogP contribution in [0, 0.1) is 0 Å². The van der Waals surface area contributed by atoms with Crippen molar-refractivity contribution in [3.05, 3.63) is 23.7 Å². The standard InChI is InChI=1S/C11H9N3O2S/c15-10-4-14(5-11(16)13-10)7-1-2-8-9(3-7)17-6-12-8/h1-3,6H,4-5H2,(H,13,15,16). The highest BCUT2D eigenvalue weighted by molar-refractivity contribution is 7.16. The molecule has 3 rings (SSSR count). The SMILES string of the molecule is O=C1CN(c2ccc3ncsc3c2)CC(=O)N1. The van der Waals surface area contributed by atoms with Crippen molar-refractivity contribution >= 4 is 39.1 Å². The molecule has 2 amide bonds. The van der Waals surface area contributed by atoms with Crippen molar-refractivity contribution in [1.82, 2.24) is 10.3 Å². The number of anilines is 1. The van der Waals surface area contributed by atoms with Gasteiger partial charge in [-0.1, -0.05) is 0 Å². The molecule has 0 saturated carbocycles. The van der Waals surface area contributed by atoms with Gasteiger partial charge in [-0.25, -0.2) is 4.98 Å². The summed E-state index contributed by atoms with van der Waals surface area (Å²) in [5.74, 6) is -0.517. The van der Waals surface area contributed by atoms with Crippen molar-refractivity contribution in [1.29, 1.82) is 0 Å². The predicted octanol–water partition coefficient (Wildman–Crippen LogP) is 0.759. The van der Waals surface area contributed by atoms with E-state index in [2.05, 4.69) is 10.3 Å². The lowest BCUT2D eigenvalue weighted by Gasteiger charge is -2.27. The van der Waals surface area contributed by atoms with Crippen LogP contribution < -0.4 is 10.2 Å². The number of hydrogen-bond acceptors (Lipinski definition) is 5. The Morgan fingerprint density at radius 2 is 2.00 bits per heavy atom. The molecule has 1 aliphatic heterocycles. The molecular formula is C11H9N3O2S. The van der Waals surface area contributed by atoms with E-state index in [4.69, 9.17) is 0 Å². The van der Waals surface area contributed by atoms with E-state index < -0.39 is 0 Å². The second-order valence-corrected chi connectivity index (χ2v) is 4.72. The highest BCUT2D eigenvalue weighted by atomic mass is 32.1. The van der Waals surface area contributed by atoms with Crippen molar-refractivity contribution < 1.29 is 9.59 Å². The number of carbonyl (C=O) groups is 2. The number of amides is 2. The molecule has 0 spiro atoms. The van der Waals surface area contributed by atoms with Crippen LogP contribution in [0.1, 0.15) is 0 Å². The molecule has 1 N–H and O–H groups in total. The molecule has 1 aromatic heterocycles. The summed E-state index contributed by atoms with van der Waals surface area (Å²) in [6, 6.07) is 5.74. The average molecular weight is 247 g/mol. The van der Waals surface area contributed by atoms with Gasteiger partial charge in [-0.3, -0.25) is 14.9 Å². The van der Waals surface area contributed by atoms with Gasteiger partial charge in [0.05, 0.1) is 28.8 Å². The molecule has 0 bridgehead atoms. The molecule has 5 nitrogen and oxygen atoms in total. The van der Waals surface area contributed by atoms with E-state index in [1.807, 2.05) is 18.2 Å². The molecule has 0 unspecified atom stereocenters. The van der Waals surface area contributed by atoms with Crippen LogP contribution in [0.4, 0.5) is 5.69 Å². The minimum Gasteiger partial charge on any atom is -0.353 e. The Morgan fingerprint density at radius 1 is 1.24 bits per heavy atom. The molecule has 1 fully saturated rings.